The lowest BCUT2D eigenvalue weighted by molar-refractivity contribution is -0.124. The van der Waals surface area contributed by atoms with Crippen molar-refractivity contribution in [1.82, 2.24) is 10.6 Å². The molecular weight excluding hydrogens is 334 g/mol. The molecule has 3 N–H and O–H groups in total. The highest BCUT2D eigenvalue weighted by Gasteiger charge is 2.27. The van der Waals surface area contributed by atoms with Gasteiger partial charge in [0.1, 0.15) is 12.4 Å². The van der Waals surface area contributed by atoms with Crippen LogP contribution in [0, 0.1) is 11.7 Å². The van der Waals surface area contributed by atoms with Crippen molar-refractivity contribution in [3.63, 3.8) is 0 Å². The van der Waals surface area contributed by atoms with Gasteiger partial charge in [-0.1, -0.05) is 17.7 Å². The van der Waals surface area contributed by atoms with Gasteiger partial charge >= 0.3 is 0 Å². The molecule has 22 heavy (non-hydrogen) atoms. The number of benzene rings is 1. The molecule has 8 heteroatoms. The summed E-state index contributed by atoms with van der Waals surface area (Å²) in [5, 5.41) is 14.6. The van der Waals surface area contributed by atoms with E-state index in [0.29, 0.717) is 31.8 Å². The van der Waals surface area contributed by atoms with Crippen molar-refractivity contribution in [1.29, 1.82) is 0 Å². The van der Waals surface area contributed by atoms with E-state index >= 15 is 0 Å². The summed E-state index contributed by atoms with van der Waals surface area (Å²) in [7, 11) is 0. The van der Waals surface area contributed by atoms with Crippen LogP contribution < -0.4 is 10.6 Å². The third-order valence-electron chi connectivity index (χ3n) is 3.39. The van der Waals surface area contributed by atoms with Gasteiger partial charge < -0.3 is 20.5 Å². The fourth-order valence-corrected chi connectivity index (χ4v) is 2.44. The van der Waals surface area contributed by atoms with Gasteiger partial charge in [-0.3, -0.25) is 4.79 Å². The van der Waals surface area contributed by atoms with E-state index in [4.69, 9.17) is 21.4 Å². The van der Waals surface area contributed by atoms with E-state index in [0.717, 1.165) is 0 Å². The number of amides is 1. The Morgan fingerprint density at radius 2 is 2.32 bits per heavy atom. The molecule has 2 atom stereocenters. The molecule has 1 amide bonds. The summed E-state index contributed by atoms with van der Waals surface area (Å²) in [5.41, 5.74) is 0.684. The Balaban J connectivity index is 0.00000242. The van der Waals surface area contributed by atoms with Crippen LogP contribution >= 0.6 is 24.0 Å². The molecule has 1 aliphatic heterocycles. The zero-order valence-corrected chi connectivity index (χ0v) is 13.4. The van der Waals surface area contributed by atoms with Crippen LogP contribution in [0.2, 0.25) is 5.02 Å². The van der Waals surface area contributed by atoms with Gasteiger partial charge in [0, 0.05) is 25.6 Å². The van der Waals surface area contributed by atoms with Gasteiger partial charge in [-0.2, -0.15) is 0 Å². The number of carbonyl (C=O) groups excluding carboxylic acids is 1. The molecule has 1 aliphatic rings. The highest BCUT2D eigenvalue weighted by atomic mass is 35.5. The van der Waals surface area contributed by atoms with Crippen molar-refractivity contribution in [2.75, 3.05) is 32.8 Å². The molecule has 1 fully saturated rings. The normalized spacial score (nSPS) is 21.6. The van der Waals surface area contributed by atoms with Crippen molar-refractivity contribution < 1.29 is 19.0 Å². The average molecular weight is 353 g/mol. The van der Waals surface area contributed by atoms with Crippen LogP contribution in [0.1, 0.15) is 11.7 Å². The Hall–Kier alpha value is -0.920. The van der Waals surface area contributed by atoms with E-state index < -0.39 is 18.3 Å². The van der Waals surface area contributed by atoms with Gasteiger partial charge in [0.15, 0.2) is 0 Å². The minimum atomic E-state index is -0.554. The van der Waals surface area contributed by atoms with Crippen LogP contribution in [0.3, 0.4) is 0 Å². The SMILES string of the molecule is Cl.O=C(CO)NC[C@@H]1CNCCO[C@H]1c1ccc(Cl)c(F)c1. The molecule has 1 saturated heterocycles. The van der Waals surface area contributed by atoms with E-state index in [1.54, 1.807) is 6.07 Å². The fraction of sp³-hybridized carbons (Fsp3) is 0.500. The van der Waals surface area contributed by atoms with E-state index in [1.807, 2.05) is 0 Å². The van der Waals surface area contributed by atoms with Gasteiger partial charge in [-0.15, -0.1) is 12.4 Å². The molecule has 1 aromatic carbocycles. The third kappa shape index (κ3) is 5.07. The predicted molar refractivity (Wildman–Crippen MR) is 83.8 cm³/mol. The second-order valence-electron chi connectivity index (χ2n) is 4.89. The first kappa shape index (κ1) is 19.1. The number of carbonyl (C=O) groups is 1. The molecule has 124 valence electrons. The summed E-state index contributed by atoms with van der Waals surface area (Å²) in [6.07, 6.45) is -0.342. The lowest BCUT2D eigenvalue weighted by Gasteiger charge is -2.25. The maximum absolute atomic E-state index is 13.6. The van der Waals surface area contributed by atoms with Crippen molar-refractivity contribution in [2.45, 2.75) is 6.10 Å². The van der Waals surface area contributed by atoms with E-state index in [1.165, 1.54) is 12.1 Å². The van der Waals surface area contributed by atoms with Crippen LogP contribution in [0.5, 0.6) is 0 Å². The molecule has 0 aliphatic carbocycles. The molecule has 0 spiro atoms. The minimum Gasteiger partial charge on any atom is -0.387 e. The van der Waals surface area contributed by atoms with Gasteiger partial charge in [-0.25, -0.2) is 4.39 Å². The first-order valence-electron chi connectivity index (χ1n) is 6.76. The Morgan fingerprint density at radius 1 is 1.55 bits per heavy atom. The summed E-state index contributed by atoms with van der Waals surface area (Å²) in [6, 6.07) is 4.58. The molecule has 5 nitrogen and oxygen atoms in total. The molecule has 0 saturated carbocycles. The number of rotatable bonds is 4. The Kier molecular flexibility index (Phi) is 8.06. The zero-order valence-electron chi connectivity index (χ0n) is 11.9. The first-order valence-corrected chi connectivity index (χ1v) is 7.14. The molecular formula is C14H19Cl2FN2O3. The van der Waals surface area contributed by atoms with Gasteiger partial charge in [0.2, 0.25) is 5.91 Å². The zero-order chi connectivity index (χ0) is 15.2. The molecule has 1 heterocycles. The van der Waals surface area contributed by atoms with E-state index in [2.05, 4.69) is 10.6 Å². The maximum atomic E-state index is 13.6. The van der Waals surface area contributed by atoms with Crippen LogP contribution in [0.4, 0.5) is 4.39 Å². The second kappa shape index (κ2) is 9.27. The minimum absolute atomic E-state index is 0. The maximum Gasteiger partial charge on any atom is 0.245 e. The number of nitrogens with one attached hydrogen (secondary N) is 2. The number of halogens is 3. The molecule has 0 unspecified atom stereocenters. The Labute approximate surface area is 139 Å². The van der Waals surface area contributed by atoms with Crippen molar-refractivity contribution >= 4 is 29.9 Å². The molecule has 0 aromatic heterocycles. The van der Waals surface area contributed by atoms with Crippen molar-refractivity contribution in [3.05, 3.63) is 34.6 Å². The summed E-state index contributed by atoms with van der Waals surface area (Å²) in [5.74, 6) is -1.00. The van der Waals surface area contributed by atoms with Crippen molar-refractivity contribution in [3.8, 4) is 0 Å². The molecule has 2 rings (SSSR count). The highest BCUT2D eigenvalue weighted by molar-refractivity contribution is 6.30. The van der Waals surface area contributed by atoms with E-state index in [-0.39, 0.29) is 29.5 Å². The third-order valence-corrected chi connectivity index (χ3v) is 3.69. The number of aliphatic hydroxyl groups excluding tert-OH is 1. The predicted octanol–water partition coefficient (Wildman–Crippen LogP) is 1.29. The van der Waals surface area contributed by atoms with Gasteiger partial charge in [0.05, 0.1) is 17.7 Å². The van der Waals surface area contributed by atoms with Crippen LogP contribution in [0.15, 0.2) is 18.2 Å². The highest BCUT2D eigenvalue weighted by Crippen LogP contribution is 2.29. The van der Waals surface area contributed by atoms with Gasteiger partial charge in [0.25, 0.3) is 0 Å². The number of aliphatic hydroxyl groups is 1. The van der Waals surface area contributed by atoms with Crippen LogP contribution in [-0.4, -0.2) is 43.9 Å². The summed E-state index contributed by atoms with van der Waals surface area (Å²) < 4.78 is 19.4. The monoisotopic (exact) mass is 352 g/mol. The lowest BCUT2D eigenvalue weighted by Crippen LogP contribution is -2.37. The number of ether oxygens (including phenoxy) is 1. The average Bonchev–Trinajstić information content (AvgIpc) is 2.73. The summed E-state index contributed by atoms with van der Waals surface area (Å²) in [4.78, 5) is 11.2. The molecule has 0 bridgehead atoms. The van der Waals surface area contributed by atoms with Gasteiger partial charge in [-0.05, 0) is 17.7 Å². The lowest BCUT2D eigenvalue weighted by atomic mass is 9.95. The molecule has 1 aromatic rings. The van der Waals surface area contributed by atoms with E-state index in [9.17, 15) is 9.18 Å². The van der Waals surface area contributed by atoms with Crippen molar-refractivity contribution in [2.24, 2.45) is 5.92 Å². The summed E-state index contributed by atoms with van der Waals surface area (Å²) in [6.45, 7) is 1.60. The number of hydrogen-bond acceptors (Lipinski definition) is 4. The summed E-state index contributed by atoms with van der Waals surface area (Å²) >= 11 is 5.70. The Morgan fingerprint density at radius 3 is 3.00 bits per heavy atom. The van der Waals surface area contributed by atoms with Crippen LogP contribution in [0.25, 0.3) is 0 Å². The molecule has 0 radical (unpaired) electrons. The quantitative estimate of drug-likeness (QED) is 0.763. The first-order chi connectivity index (χ1) is 10.1. The topological polar surface area (TPSA) is 70.6 Å². The largest absolute Gasteiger partial charge is 0.387 e. The number of hydrogen-bond donors (Lipinski definition) is 3. The second-order valence-corrected chi connectivity index (χ2v) is 5.30. The van der Waals surface area contributed by atoms with Crippen LogP contribution in [-0.2, 0) is 9.53 Å². The fourth-order valence-electron chi connectivity index (χ4n) is 2.33. The standard InChI is InChI=1S/C14H18ClFN2O3.ClH/c15-11-2-1-9(5-12(11)16)14-10(6-17-3-4-21-14)7-18-13(20)8-19;/h1-2,5,10,14,17,19H,3-4,6-8H2,(H,18,20);1H/t10-,14-;/m0./s1. The smallest absolute Gasteiger partial charge is 0.245 e. The Bertz CT molecular complexity index is 505.